The van der Waals surface area contributed by atoms with Gasteiger partial charge in [-0.15, -0.1) is 0 Å². The summed E-state index contributed by atoms with van der Waals surface area (Å²) in [5.41, 5.74) is 0. The van der Waals surface area contributed by atoms with Crippen LogP contribution in [0.3, 0.4) is 0 Å². The molecule has 0 spiro atoms. The Morgan fingerprint density at radius 3 is 3.15 bits per heavy atom. The van der Waals surface area contributed by atoms with Crippen molar-refractivity contribution in [1.82, 2.24) is 10.2 Å². The van der Waals surface area contributed by atoms with E-state index in [2.05, 4.69) is 10.2 Å². The van der Waals surface area contributed by atoms with E-state index in [4.69, 9.17) is 5.11 Å². The smallest absolute Gasteiger partial charge is 0.237 e. The molecule has 1 aliphatic rings. The van der Waals surface area contributed by atoms with Crippen LogP contribution in [0.25, 0.3) is 0 Å². The zero-order valence-electron chi connectivity index (χ0n) is 8.12. The molecule has 0 aliphatic carbocycles. The number of hydrogen-bond donors (Lipinski definition) is 2. The van der Waals surface area contributed by atoms with Crippen LogP contribution in [0.1, 0.15) is 19.8 Å². The summed E-state index contributed by atoms with van der Waals surface area (Å²) in [6.07, 6.45) is 1.75. The molecule has 13 heavy (non-hydrogen) atoms. The first-order valence-electron chi connectivity index (χ1n) is 4.88. The van der Waals surface area contributed by atoms with Gasteiger partial charge in [-0.3, -0.25) is 9.69 Å². The number of carbonyl (C=O) groups is 1. The standard InChI is InChI=1S/C9H18N2O2/c1-8-9(13)10-4-2-5-11(8)6-3-7-12/h8,12H,2-7H2,1H3,(H,10,13). The first kappa shape index (κ1) is 10.5. The van der Waals surface area contributed by atoms with Gasteiger partial charge in [0.2, 0.25) is 5.91 Å². The Kier molecular flexibility index (Phi) is 4.18. The van der Waals surface area contributed by atoms with Crippen LogP contribution in [0.5, 0.6) is 0 Å². The molecular weight excluding hydrogens is 168 g/mol. The zero-order valence-corrected chi connectivity index (χ0v) is 8.12. The van der Waals surface area contributed by atoms with Crippen LogP contribution in [0.15, 0.2) is 0 Å². The number of aliphatic hydroxyl groups is 1. The Labute approximate surface area is 78.9 Å². The fourth-order valence-corrected chi connectivity index (χ4v) is 1.58. The molecule has 2 N–H and O–H groups in total. The van der Waals surface area contributed by atoms with Gasteiger partial charge in [-0.1, -0.05) is 0 Å². The quantitative estimate of drug-likeness (QED) is 0.629. The maximum atomic E-state index is 11.4. The van der Waals surface area contributed by atoms with Crippen LogP contribution in [0.2, 0.25) is 0 Å². The highest BCUT2D eigenvalue weighted by molar-refractivity contribution is 5.81. The Balaban J connectivity index is 2.44. The molecule has 1 saturated heterocycles. The molecule has 4 nitrogen and oxygen atoms in total. The third-order valence-corrected chi connectivity index (χ3v) is 2.45. The number of carbonyl (C=O) groups excluding carboxylic acids is 1. The van der Waals surface area contributed by atoms with Crippen LogP contribution < -0.4 is 5.32 Å². The van der Waals surface area contributed by atoms with Gasteiger partial charge in [-0.2, -0.15) is 0 Å². The molecule has 0 bridgehead atoms. The molecular formula is C9H18N2O2. The second kappa shape index (κ2) is 5.19. The minimum absolute atomic E-state index is 0.0472. The van der Waals surface area contributed by atoms with Gasteiger partial charge in [0.1, 0.15) is 0 Å². The van der Waals surface area contributed by atoms with Gasteiger partial charge in [-0.25, -0.2) is 0 Å². The van der Waals surface area contributed by atoms with E-state index in [1.807, 2.05) is 6.92 Å². The summed E-state index contributed by atoms with van der Waals surface area (Å²) >= 11 is 0. The van der Waals surface area contributed by atoms with Crippen LogP contribution in [-0.2, 0) is 4.79 Å². The fourth-order valence-electron chi connectivity index (χ4n) is 1.58. The number of hydrogen-bond acceptors (Lipinski definition) is 3. The summed E-state index contributed by atoms with van der Waals surface area (Å²) in [6, 6.07) is -0.0472. The van der Waals surface area contributed by atoms with Crippen molar-refractivity contribution in [2.45, 2.75) is 25.8 Å². The van der Waals surface area contributed by atoms with Crippen molar-refractivity contribution in [2.75, 3.05) is 26.2 Å². The predicted molar refractivity (Wildman–Crippen MR) is 50.4 cm³/mol. The number of aliphatic hydroxyl groups excluding tert-OH is 1. The van der Waals surface area contributed by atoms with Crippen molar-refractivity contribution >= 4 is 5.91 Å². The van der Waals surface area contributed by atoms with Crippen molar-refractivity contribution in [3.63, 3.8) is 0 Å². The first-order valence-corrected chi connectivity index (χ1v) is 4.88. The van der Waals surface area contributed by atoms with Gasteiger partial charge in [0.25, 0.3) is 0 Å². The topological polar surface area (TPSA) is 52.6 Å². The molecule has 1 rings (SSSR count). The number of amides is 1. The van der Waals surface area contributed by atoms with E-state index in [0.717, 1.165) is 32.5 Å². The molecule has 1 aliphatic heterocycles. The van der Waals surface area contributed by atoms with Gasteiger partial charge in [-0.05, 0) is 19.8 Å². The summed E-state index contributed by atoms with van der Waals surface area (Å²) in [5.74, 6) is 0.107. The largest absolute Gasteiger partial charge is 0.396 e. The SMILES string of the molecule is CC1C(=O)NCCCN1CCCO. The van der Waals surface area contributed by atoms with Crippen LogP contribution in [-0.4, -0.2) is 48.2 Å². The molecule has 0 saturated carbocycles. The van der Waals surface area contributed by atoms with E-state index in [0.29, 0.717) is 0 Å². The number of nitrogens with zero attached hydrogens (tertiary/aromatic N) is 1. The second-order valence-corrected chi connectivity index (χ2v) is 3.43. The van der Waals surface area contributed by atoms with Crippen LogP contribution >= 0.6 is 0 Å². The second-order valence-electron chi connectivity index (χ2n) is 3.43. The van der Waals surface area contributed by atoms with Gasteiger partial charge in [0.15, 0.2) is 0 Å². The van der Waals surface area contributed by atoms with E-state index in [1.54, 1.807) is 0 Å². The predicted octanol–water partition coefficient (Wildman–Crippen LogP) is -0.421. The molecule has 1 atom stereocenters. The minimum Gasteiger partial charge on any atom is -0.396 e. The van der Waals surface area contributed by atoms with Crippen LogP contribution in [0.4, 0.5) is 0 Å². The molecule has 0 radical (unpaired) electrons. The van der Waals surface area contributed by atoms with E-state index in [9.17, 15) is 4.79 Å². The Morgan fingerprint density at radius 2 is 2.46 bits per heavy atom. The molecule has 0 aromatic carbocycles. The van der Waals surface area contributed by atoms with Crippen molar-refractivity contribution in [2.24, 2.45) is 0 Å². The number of rotatable bonds is 3. The molecule has 76 valence electrons. The summed E-state index contributed by atoms with van der Waals surface area (Å²) in [5, 5.41) is 11.5. The fraction of sp³-hybridized carbons (Fsp3) is 0.889. The molecule has 0 aromatic rings. The third-order valence-electron chi connectivity index (χ3n) is 2.45. The van der Waals surface area contributed by atoms with Gasteiger partial charge >= 0.3 is 0 Å². The van der Waals surface area contributed by atoms with Crippen molar-refractivity contribution in [1.29, 1.82) is 0 Å². The summed E-state index contributed by atoms with van der Waals surface area (Å²) in [6.45, 7) is 4.65. The molecule has 1 amide bonds. The van der Waals surface area contributed by atoms with Gasteiger partial charge < -0.3 is 10.4 Å². The maximum Gasteiger partial charge on any atom is 0.237 e. The lowest BCUT2D eigenvalue weighted by atomic mass is 10.2. The van der Waals surface area contributed by atoms with Crippen LogP contribution in [0, 0.1) is 0 Å². The molecule has 1 unspecified atom stereocenters. The lowest BCUT2D eigenvalue weighted by molar-refractivity contribution is -0.124. The highest BCUT2D eigenvalue weighted by atomic mass is 16.3. The average molecular weight is 186 g/mol. The lowest BCUT2D eigenvalue weighted by Crippen LogP contribution is -2.42. The summed E-state index contributed by atoms with van der Waals surface area (Å²) < 4.78 is 0. The molecule has 4 heteroatoms. The lowest BCUT2D eigenvalue weighted by Gasteiger charge is -2.24. The minimum atomic E-state index is -0.0472. The summed E-state index contributed by atoms with van der Waals surface area (Å²) in [4.78, 5) is 13.5. The van der Waals surface area contributed by atoms with Crippen molar-refractivity contribution < 1.29 is 9.90 Å². The van der Waals surface area contributed by atoms with E-state index >= 15 is 0 Å². The van der Waals surface area contributed by atoms with E-state index < -0.39 is 0 Å². The zero-order chi connectivity index (χ0) is 9.68. The first-order chi connectivity index (χ1) is 6.25. The number of nitrogens with one attached hydrogen (secondary N) is 1. The monoisotopic (exact) mass is 186 g/mol. The highest BCUT2D eigenvalue weighted by Gasteiger charge is 2.22. The normalized spacial score (nSPS) is 25.4. The van der Waals surface area contributed by atoms with Gasteiger partial charge in [0.05, 0.1) is 6.04 Å². The average Bonchev–Trinajstić information content (AvgIpc) is 2.28. The third kappa shape index (κ3) is 2.97. The maximum absolute atomic E-state index is 11.4. The van der Waals surface area contributed by atoms with E-state index in [1.165, 1.54) is 0 Å². The van der Waals surface area contributed by atoms with E-state index in [-0.39, 0.29) is 18.6 Å². The van der Waals surface area contributed by atoms with Gasteiger partial charge in [0, 0.05) is 26.2 Å². The van der Waals surface area contributed by atoms with Crippen molar-refractivity contribution in [3.8, 4) is 0 Å². The Hall–Kier alpha value is -0.610. The molecule has 1 fully saturated rings. The molecule has 0 aromatic heterocycles. The molecule has 1 heterocycles. The summed E-state index contributed by atoms with van der Waals surface area (Å²) in [7, 11) is 0. The Morgan fingerprint density at radius 1 is 1.69 bits per heavy atom. The van der Waals surface area contributed by atoms with Crippen molar-refractivity contribution in [3.05, 3.63) is 0 Å². The Bertz CT molecular complexity index is 173. The highest BCUT2D eigenvalue weighted by Crippen LogP contribution is 2.05.